The maximum absolute atomic E-state index is 12.4. The summed E-state index contributed by atoms with van der Waals surface area (Å²) >= 11 is 0. The number of aryl methyl sites for hydroxylation is 1. The van der Waals surface area contributed by atoms with Gasteiger partial charge in [0.2, 0.25) is 0 Å². The van der Waals surface area contributed by atoms with Crippen molar-refractivity contribution in [3.63, 3.8) is 0 Å². The van der Waals surface area contributed by atoms with Crippen LogP contribution in [0.2, 0.25) is 0 Å². The molecule has 2 rings (SSSR count). The van der Waals surface area contributed by atoms with E-state index in [-0.39, 0.29) is 5.91 Å². The number of benzene rings is 2. The Balaban J connectivity index is 2.30. The molecule has 106 valence electrons. The zero-order valence-electron chi connectivity index (χ0n) is 12.2. The number of nitrogens with two attached hydrogens (primary N) is 1. The predicted octanol–water partition coefficient (Wildman–Crippen LogP) is 2.87. The smallest absolute Gasteiger partial charge is 0.255 e. The highest BCUT2D eigenvalue weighted by molar-refractivity contribution is 6.05. The van der Waals surface area contributed by atoms with Gasteiger partial charge in [-0.3, -0.25) is 4.79 Å². The molecule has 0 bridgehead atoms. The lowest BCUT2D eigenvalue weighted by atomic mass is 10.0. The van der Waals surface area contributed by atoms with Gasteiger partial charge in [0.15, 0.2) is 0 Å². The summed E-state index contributed by atoms with van der Waals surface area (Å²) in [5.74, 6) is 5.68. The second-order valence-electron chi connectivity index (χ2n) is 4.75. The van der Waals surface area contributed by atoms with Crippen LogP contribution in [0.5, 0.6) is 0 Å². The molecule has 0 fully saturated rings. The highest BCUT2D eigenvalue weighted by Crippen LogP contribution is 2.18. The summed E-state index contributed by atoms with van der Waals surface area (Å²) < 4.78 is 0. The van der Waals surface area contributed by atoms with Gasteiger partial charge in [0.05, 0.1) is 6.54 Å². The molecule has 3 N–H and O–H groups in total. The van der Waals surface area contributed by atoms with Gasteiger partial charge < -0.3 is 11.1 Å². The van der Waals surface area contributed by atoms with E-state index in [1.165, 1.54) is 0 Å². The number of nitrogens with one attached hydrogen (secondary N) is 1. The van der Waals surface area contributed by atoms with Gasteiger partial charge >= 0.3 is 0 Å². The van der Waals surface area contributed by atoms with Gasteiger partial charge in [-0.15, -0.1) is 0 Å². The van der Waals surface area contributed by atoms with Crippen LogP contribution in [0, 0.1) is 25.7 Å². The Kier molecular flexibility index (Phi) is 4.76. The molecule has 0 aliphatic rings. The molecule has 0 radical (unpaired) electrons. The number of amides is 1. The number of carbonyl (C=O) groups excluding carboxylic acids is 1. The van der Waals surface area contributed by atoms with E-state index in [1.54, 1.807) is 6.07 Å². The van der Waals surface area contributed by atoms with Crippen molar-refractivity contribution in [1.29, 1.82) is 0 Å². The minimum absolute atomic E-state index is 0.127. The van der Waals surface area contributed by atoms with E-state index in [0.717, 1.165) is 22.4 Å². The first-order valence-electron chi connectivity index (χ1n) is 6.79. The SMILES string of the molecule is Cc1ccccc1NC(=O)c1cccc(C#CCN)c1C. The van der Waals surface area contributed by atoms with Gasteiger partial charge in [0.25, 0.3) is 5.91 Å². The largest absolute Gasteiger partial charge is 0.322 e. The van der Waals surface area contributed by atoms with Crippen LogP contribution in [0.4, 0.5) is 5.69 Å². The van der Waals surface area contributed by atoms with Crippen molar-refractivity contribution >= 4 is 11.6 Å². The van der Waals surface area contributed by atoms with Gasteiger partial charge in [-0.1, -0.05) is 36.1 Å². The van der Waals surface area contributed by atoms with Gasteiger partial charge in [-0.05, 0) is 43.2 Å². The average Bonchev–Trinajstić information content (AvgIpc) is 2.48. The summed E-state index contributed by atoms with van der Waals surface area (Å²) in [5, 5.41) is 2.94. The lowest BCUT2D eigenvalue weighted by molar-refractivity contribution is 0.102. The zero-order chi connectivity index (χ0) is 15.2. The van der Waals surface area contributed by atoms with Crippen LogP contribution in [0.15, 0.2) is 42.5 Å². The second-order valence-corrected chi connectivity index (χ2v) is 4.75. The third kappa shape index (κ3) is 3.50. The molecule has 0 saturated carbocycles. The molecule has 3 heteroatoms. The molecule has 0 heterocycles. The van der Waals surface area contributed by atoms with Gasteiger partial charge in [-0.2, -0.15) is 0 Å². The maximum Gasteiger partial charge on any atom is 0.255 e. The Bertz CT molecular complexity index is 723. The number of para-hydroxylation sites is 1. The van der Waals surface area contributed by atoms with E-state index in [9.17, 15) is 4.79 Å². The standard InChI is InChI=1S/C18H18N2O/c1-13-7-3-4-11-17(13)20-18(21)16-10-5-8-15(14(16)2)9-6-12-19/h3-5,7-8,10-11H,12,19H2,1-2H3,(H,20,21). The predicted molar refractivity (Wildman–Crippen MR) is 86.2 cm³/mol. The molecule has 1 amide bonds. The van der Waals surface area contributed by atoms with Crippen molar-refractivity contribution in [2.45, 2.75) is 13.8 Å². The highest BCUT2D eigenvalue weighted by Gasteiger charge is 2.11. The summed E-state index contributed by atoms with van der Waals surface area (Å²) in [6, 6.07) is 13.2. The summed E-state index contributed by atoms with van der Waals surface area (Å²) in [5.41, 5.74) is 9.56. The molecule has 21 heavy (non-hydrogen) atoms. The summed E-state index contributed by atoms with van der Waals surface area (Å²) in [6.07, 6.45) is 0. The average molecular weight is 278 g/mol. The third-order valence-electron chi connectivity index (χ3n) is 3.30. The van der Waals surface area contributed by atoms with E-state index >= 15 is 0 Å². The molecule has 0 saturated heterocycles. The van der Waals surface area contributed by atoms with Crippen molar-refractivity contribution in [1.82, 2.24) is 0 Å². The number of hydrogen-bond acceptors (Lipinski definition) is 2. The zero-order valence-corrected chi connectivity index (χ0v) is 12.2. The minimum atomic E-state index is -0.127. The van der Waals surface area contributed by atoms with E-state index in [2.05, 4.69) is 17.2 Å². The Morgan fingerprint density at radius 2 is 1.90 bits per heavy atom. The van der Waals surface area contributed by atoms with E-state index in [4.69, 9.17) is 5.73 Å². The van der Waals surface area contributed by atoms with E-state index in [1.807, 2.05) is 50.2 Å². The fraction of sp³-hybridized carbons (Fsp3) is 0.167. The fourth-order valence-electron chi connectivity index (χ4n) is 2.07. The van der Waals surface area contributed by atoms with Gasteiger partial charge in [-0.25, -0.2) is 0 Å². The topological polar surface area (TPSA) is 55.1 Å². The molecule has 0 unspecified atom stereocenters. The lowest BCUT2D eigenvalue weighted by Gasteiger charge is -2.10. The van der Waals surface area contributed by atoms with Crippen molar-refractivity contribution in [3.8, 4) is 11.8 Å². The van der Waals surface area contributed by atoms with Crippen LogP contribution >= 0.6 is 0 Å². The Labute approximate surface area is 125 Å². The van der Waals surface area contributed by atoms with Gasteiger partial charge in [0.1, 0.15) is 0 Å². The number of carbonyl (C=O) groups is 1. The molecule has 0 aliphatic carbocycles. The first-order valence-corrected chi connectivity index (χ1v) is 6.79. The Hall–Kier alpha value is -2.57. The highest BCUT2D eigenvalue weighted by atomic mass is 16.1. The molecule has 0 aromatic heterocycles. The molecule has 2 aromatic carbocycles. The van der Waals surface area contributed by atoms with Crippen molar-refractivity contribution in [2.75, 3.05) is 11.9 Å². The van der Waals surface area contributed by atoms with Crippen LogP contribution in [-0.4, -0.2) is 12.5 Å². The first kappa shape index (κ1) is 14.8. The quantitative estimate of drug-likeness (QED) is 0.830. The second kappa shape index (κ2) is 6.74. The summed E-state index contributed by atoms with van der Waals surface area (Å²) in [7, 11) is 0. The van der Waals surface area contributed by atoms with Crippen LogP contribution in [0.25, 0.3) is 0 Å². The fourth-order valence-corrected chi connectivity index (χ4v) is 2.07. The third-order valence-corrected chi connectivity index (χ3v) is 3.30. The van der Waals surface area contributed by atoms with Crippen LogP contribution < -0.4 is 11.1 Å². The Morgan fingerprint density at radius 3 is 2.62 bits per heavy atom. The number of rotatable bonds is 2. The maximum atomic E-state index is 12.4. The van der Waals surface area contributed by atoms with Crippen molar-refractivity contribution < 1.29 is 4.79 Å². The number of anilines is 1. The summed E-state index contributed by atoms with van der Waals surface area (Å²) in [4.78, 5) is 12.4. The van der Waals surface area contributed by atoms with Gasteiger partial charge in [0, 0.05) is 16.8 Å². The number of hydrogen-bond donors (Lipinski definition) is 2. The molecular formula is C18H18N2O. The minimum Gasteiger partial charge on any atom is -0.322 e. The molecule has 0 spiro atoms. The monoisotopic (exact) mass is 278 g/mol. The molecule has 0 aliphatic heterocycles. The van der Waals surface area contributed by atoms with Crippen molar-refractivity contribution in [2.24, 2.45) is 5.73 Å². The first-order chi connectivity index (χ1) is 10.1. The molecular weight excluding hydrogens is 260 g/mol. The van der Waals surface area contributed by atoms with E-state index < -0.39 is 0 Å². The molecule has 0 atom stereocenters. The Morgan fingerprint density at radius 1 is 1.14 bits per heavy atom. The summed E-state index contributed by atoms with van der Waals surface area (Å²) in [6.45, 7) is 4.16. The van der Waals surface area contributed by atoms with Crippen LogP contribution in [0.3, 0.4) is 0 Å². The molecule has 2 aromatic rings. The van der Waals surface area contributed by atoms with Crippen LogP contribution in [-0.2, 0) is 0 Å². The molecule has 3 nitrogen and oxygen atoms in total. The van der Waals surface area contributed by atoms with E-state index in [0.29, 0.717) is 12.1 Å². The normalized spacial score (nSPS) is 9.67. The van der Waals surface area contributed by atoms with Crippen LogP contribution in [0.1, 0.15) is 27.0 Å². The van der Waals surface area contributed by atoms with Crippen molar-refractivity contribution in [3.05, 3.63) is 64.7 Å². The lowest BCUT2D eigenvalue weighted by Crippen LogP contribution is -2.14.